The number of nitrogens with one attached hydrogen (secondary N) is 1. The molecule has 0 unspecified atom stereocenters. The minimum Gasteiger partial charge on any atom is -0.481 e. The van der Waals surface area contributed by atoms with Gasteiger partial charge in [0.1, 0.15) is 5.75 Å². The molecule has 5 nitrogen and oxygen atoms in total. The molecule has 2 rings (SSSR count). The van der Waals surface area contributed by atoms with Gasteiger partial charge in [-0.3, -0.25) is 4.79 Å². The van der Waals surface area contributed by atoms with Gasteiger partial charge in [-0.05, 0) is 49.4 Å². The molecular weight excluding hydrogens is 318 g/mol. The Labute approximate surface area is 139 Å². The number of benzene rings is 2. The standard InChI is InChI=1S/C17H16ClNO4/c1-11(23-15-8-6-13(18)7-9-15)16(20)19-14-5-3-4-12(10-14)17(21)22-2/h3-11H,1-2H3,(H,19,20)/t11-/m0/s1. The molecule has 0 aromatic heterocycles. The van der Waals surface area contributed by atoms with Gasteiger partial charge in [-0.25, -0.2) is 4.79 Å². The molecule has 0 aliphatic rings. The summed E-state index contributed by atoms with van der Waals surface area (Å²) < 4.78 is 10.2. The Hall–Kier alpha value is -2.53. The van der Waals surface area contributed by atoms with Gasteiger partial charge in [-0.2, -0.15) is 0 Å². The number of hydrogen-bond donors (Lipinski definition) is 1. The smallest absolute Gasteiger partial charge is 0.337 e. The molecule has 0 heterocycles. The largest absolute Gasteiger partial charge is 0.481 e. The van der Waals surface area contributed by atoms with E-state index in [0.29, 0.717) is 22.0 Å². The number of halogens is 1. The SMILES string of the molecule is COC(=O)c1cccc(NC(=O)[C@H](C)Oc2ccc(Cl)cc2)c1. The second-order valence-corrected chi connectivity index (χ2v) is 5.21. The highest BCUT2D eigenvalue weighted by Gasteiger charge is 2.15. The van der Waals surface area contributed by atoms with E-state index in [0.717, 1.165) is 0 Å². The van der Waals surface area contributed by atoms with Crippen LogP contribution in [-0.4, -0.2) is 25.1 Å². The molecule has 0 aliphatic heterocycles. The third kappa shape index (κ3) is 4.72. The lowest BCUT2D eigenvalue weighted by Gasteiger charge is -2.15. The fourth-order valence-electron chi connectivity index (χ4n) is 1.86. The van der Waals surface area contributed by atoms with E-state index in [9.17, 15) is 9.59 Å². The Balaban J connectivity index is 2.00. The van der Waals surface area contributed by atoms with E-state index >= 15 is 0 Å². The fraction of sp³-hybridized carbons (Fsp3) is 0.176. The number of esters is 1. The molecule has 2 aromatic carbocycles. The maximum absolute atomic E-state index is 12.2. The molecule has 23 heavy (non-hydrogen) atoms. The first-order valence-corrected chi connectivity index (χ1v) is 7.29. The number of ether oxygens (including phenoxy) is 2. The minimum absolute atomic E-state index is 0.332. The van der Waals surface area contributed by atoms with Gasteiger partial charge in [-0.15, -0.1) is 0 Å². The van der Waals surface area contributed by atoms with Crippen LogP contribution in [0.3, 0.4) is 0 Å². The molecule has 0 fully saturated rings. The zero-order valence-electron chi connectivity index (χ0n) is 12.7. The molecule has 1 atom stereocenters. The van der Waals surface area contributed by atoms with Gasteiger partial charge in [0.2, 0.25) is 0 Å². The van der Waals surface area contributed by atoms with Crippen LogP contribution in [0, 0.1) is 0 Å². The van der Waals surface area contributed by atoms with Gasteiger partial charge in [-0.1, -0.05) is 17.7 Å². The molecule has 120 valence electrons. The lowest BCUT2D eigenvalue weighted by Crippen LogP contribution is -2.30. The second kappa shape index (κ2) is 7.65. The summed E-state index contributed by atoms with van der Waals surface area (Å²) in [6, 6.07) is 13.2. The lowest BCUT2D eigenvalue weighted by atomic mass is 10.2. The summed E-state index contributed by atoms with van der Waals surface area (Å²) in [7, 11) is 1.30. The first-order chi connectivity index (χ1) is 11.0. The van der Waals surface area contributed by atoms with Crippen molar-refractivity contribution in [2.24, 2.45) is 0 Å². The van der Waals surface area contributed by atoms with Gasteiger partial charge in [0.15, 0.2) is 6.10 Å². The lowest BCUT2D eigenvalue weighted by molar-refractivity contribution is -0.122. The van der Waals surface area contributed by atoms with Crippen LogP contribution in [0.4, 0.5) is 5.69 Å². The van der Waals surface area contributed by atoms with Crippen LogP contribution < -0.4 is 10.1 Å². The number of methoxy groups -OCH3 is 1. The van der Waals surface area contributed by atoms with Crippen LogP contribution in [-0.2, 0) is 9.53 Å². The van der Waals surface area contributed by atoms with Crippen molar-refractivity contribution in [3.63, 3.8) is 0 Å². The number of hydrogen-bond acceptors (Lipinski definition) is 4. The van der Waals surface area contributed by atoms with Crippen LogP contribution in [0.5, 0.6) is 5.75 Å². The maximum atomic E-state index is 12.2. The van der Waals surface area contributed by atoms with Gasteiger partial charge in [0.25, 0.3) is 5.91 Å². The van der Waals surface area contributed by atoms with E-state index in [-0.39, 0.29) is 5.91 Å². The average Bonchev–Trinajstić information content (AvgIpc) is 2.56. The Morgan fingerprint density at radius 2 is 1.83 bits per heavy atom. The van der Waals surface area contributed by atoms with Crippen molar-refractivity contribution < 1.29 is 19.1 Å². The normalized spacial score (nSPS) is 11.4. The third-order valence-electron chi connectivity index (χ3n) is 3.05. The third-order valence-corrected chi connectivity index (χ3v) is 3.30. The molecule has 0 radical (unpaired) electrons. The van der Waals surface area contributed by atoms with Crippen LogP contribution >= 0.6 is 11.6 Å². The van der Waals surface area contributed by atoms with E-state index in [2.05, 4.69) is 10.1 Å². The maximum Gasteiger partial charge on any atom is 0.337 e. The predicted molar refractivity (Wildman–Crippen MR) is 88.0 cm³/mol. The Morgan fingerprint density at radius 1 is 1.13 bits per heavy atom. The molecule has 6 heteroatoms. The van der Waals surface area contributed by atoms with Crippen molar-refractivity contribution in [1.82, 2.24) is 0 Å². The molecule has 2 aromatic rings. The highest BCUT2D eigenvalue weighted by atomic mass is 35.5. The first-order valence-electron chi connectivity index (χ1n) is 6.91. The van der Waals surface area contributed by atoms with Crippen LogP contribution in [0.25, 0.3) is 0 Å². The van der Waals surface area contributed by atoms with E-state index in [1.807, 2.05) is 0 Å². The van der Waals surface area contributed by atoms with Crippen molar-refractivity contribution in [2.45, 2.75) is 13.0 Å². The minimum atomic E-state index is -0.710. The second-order valence-electron chi connectivity index (χ2n) is 4.78. The predicted octanol–water partition coefficient (Wildman–Crippen LogP) is 3.53. The number of carbonyl (C=O) groups is 2. The van der Waals surface area contributed by atoms with Crippen molar-refractivity contribution in [3.05, 3.63) is 59.1 Å². The highest BCUT2D eigenvalue weighted by molar-refractivity contribution is 6.30. The number of carbonyl (C=O) groups excluding carboxylic acids is 2. The van der Waals surface area contributed by atoms with Crippen LogP contribution in [0.2, 0.25) is 5.02 Å². The summed E-state index contributed by atoms with van der Waals surface area (Å²) in [5.74, 6) is -0.256. The van der Waals surface area contributed by atoms with Crippen molar-refractivity contribution in [3.8, 4) is 5.75 Å². The van der Waals surface area contributed by atoms with E-state index in [4.69, 9.17) is 16.3 Å². The van der Waals surface area contributed by atoms with Gasteiger partial charge in [0.05, 0.1) is 12.7 Å². The first kappa shape index (κ1) is 16.8. The Kier molecular flexibility index (Phi) is 5.60. The molecule has 1 amide bonds. The zero-order chi connectivity index (χ0) is 16.8. The number of anilines is 1. The molecule has 0 bridgehead atoms. The summed E-state index contributed by atoms with van der Waals surface area (Å²) >= 11 is 5.80. The fourth-order valence-corrected chi connectivity index (χ4v) is 1.98. The number of rotatable bonds is 5. The van der Waals surface area contributed by atoms with Gasteiger partial charge in [0, 0.05) is 10.7 Å². The monoisotopic (exact) mass is 333 g/mol. The van der Waals surface area contributed by atoms with E-state index in [1.165, 1.54) is 7.11 Å². The highest BCUT2D eigenvalue weighted by Crippen LogP contribution is 2.18. The van der Waals surface area contributed by atoms with Crippen molar-refractivity contribution in [1.29, 1.82) is 0 Å². The summed E-state index contributed by atoms with van der Waals surface area (Å²) in [5, 5.41) is 3.29. The van der Waals surface area contributed by atoms with Gasteiger partial charge >= 0.3 is 5.97 Å². The Morgan fingerprint density at radius 3 is 2.48 bits per heavy atom. The summed E-state index contributed by atoms with van der Waals surface area (Å²) in [6.07, 6.45) is -0.710. The summed E-state index contributed by atoms with van der Waals surface area (Å²) in [5.41, 5.74) is 0.848. The van der Waals surface area contributed by atoms with Crippen molar-refractivity contribution >= 4 is 29.2 Å². The molecule has 1 N–H and O–H groups in total. The summed E-state index contributed by atoms with van der Waals surface area (Å²) in [4.78, 5) is 23.6. The molecule has 0 spiro atoms. The van der Waals surface area contributed by atoms with Gasteiger partial charge < -0.3 is 14.8 Å². The zero-order valence-corrected chi connectivity index (χ0v) is 13.5. The molecule has 0 saturated heterocycles. The van der Waals surface area contributed by atoms with E-state index < -0.39 is 12.1 Å². The Bertz CT molecular complexity index is 700. The van der Waals surface area contributed by atoms with Crippen molar-refractivity contribution in [2.75, 3.05) is 12.4 Å². The average molecular weight is 334 g/mol. The van der Waals surface area contributed by atoms with E-state index in [1.54, 1.807) is 55.5 Å². The summed E-state index contributed by atoms with van der Waals surface area (Å²) in [6.45, 7) is 1.63. The number of amides is 1. The quantitative estimate of drug-likeness (QED) is 0.850. The molecule has 0 aliphatic carbocycles. The van der Waals surface area contributed by atoms with Crippen LogP contribution in [0.15, 0.2) is 48.5 Å². The van der Waals surface area contributed by atoms with Crippen LogP contribution in [0.1, 0.15) is 17.3 Å². The molecular formula is C17H16ClNO4. The molecule has 0 saturated carbocycles. The topological polar surface area (TPSA) is 64.6 Å².